The zero-order chi connectivity index (χ0) is 12.5. The van der Waals surface area contributed by atoms with Crippen molar-refractivity contribution in [3.8, 4) is 0 Å². The van der Waals surface area contributed by atoms with Crippen LogP contribution in [0.15, 0.2) is 24.3 Å². The molecule has 0 aromatic carbocycles. The van der Waals surface area contributed by atoms with Crippen molar-refractivity contribution in [3.63, 3.8) is 0 Å². The molecule has 94 valence electrons. The summed E-state index contributed by atoms with van der Waals surface area (Å²) < 4.78 is 0. The number of nitrogens with zero attached hydrogens (tertiary/aromatic N) is 1. The molecule has 17 heavy (non-hydrogen) atoms. The molecule has 1 heterocycles. The van der Waals surface area contributed by atoms with Gasteiger partial charge in [0.25, 0.3) is 0 Å². The average Bonchev–Trinajstić information content (AvgIpc) is 2.37. The van der Waals surface area contributed by atoms with Crippen molar-refractivity contribution in [2.24, 2.45) is 0 Å². The van der Waals surface area contributed by atoms with Crippen molar-refractivity contribution in [2.45, 2.75) is 6.92 Å². The van der Waals surface area contributed by atoms with Crippen LogP contribution in [0.2, 0.25) is 0 Å². The maximum Gasteiger partial charge on any atom is 0.244 e. The smallest absolute Gasteiger partial charge is 0.244 e. The summed E-state index contributed by atoms with van der Waals surface area (Å²) in [6, 6.07) is 0. The fraction of sp³-hybridized carbons (Fsp3) is 0.500. The van der Waals surface area contributed by atoms with Gasteiger partial charge >= 0.3 is 0 Å². The van der Waals surface area contributed by atoms with Crippen LogP contribution < -0.4 is 10.6 Å². The SMILES string of the molecule is C/C=C/C=C/C(=O)NCC(=O)N1CCNCC1. The largest absolute Gasteiger partial charge is 0.343 e. The van der Waals surface area contributed by atoms with Crippen LogP contribution in [0, 0.1) is 0 Å². The zero-order valence-corrected chi connectivity index (χ0v) is 10.1. The van der Waals surface area contributed by atoms with Gasteiger partial charge in [-0.2, -0.15) is 0 Å². The van der Waals surface area contributed by atoms with Crippen LogP contribution in [0.1, 0.15) is 6.92 Å². The number of hydrogen-bond donors (Lipinski definition) is 2. The molecule has 0 bridgehead atoms. The van der Waals surface area contributed by atoms with E-state index < -0.39 is 0 Å². The Morgan fingerprint density at radius 1 is 1.29 bits per heavy atom. The number of hydrogen-bond acceptors (Lipinski definition) is 3. The summed E-state index contributed by atoms with van der Waals surface area (Å²) in [5, 5.41) is 5.74. The molecule has 0 aromatic rings. The minimum Gasteiger partial charge on any atom is -0.343 e. The second kappa shape index (κ2) is 7.62. The molecule has 0 aromatic heterocycles. The second-order valence-corrected chi connectivity index (χ2v) is 3.73. The Balaban J connectivity index is 2.24. The van der Waals surface area contributed by atoms with Crippen molar-refractivity contribution >= 4 is 11.8 Å². The fourth-order valence-corrected chi connectivity index (χ4v) is 1.50. The summed E-state index contributed by atoms with van der Waals surface area (Å²) in [5.41, 5.74) is 0. The molecule has 2 amide bonds. The molecular weight excluding hydrogens is 218 g/mol. The Hall–Kier alpha value is -1.62. The van der Waals surface area contributed by atoms with Gasteiger partial charge in [-0.15, -0.1) is 0 Å². The molecule has 5 heteroatoms. The van der Waals surface area contributed by atoms with Crippen LogP contribution >= 0.6 is 0 Å². The first-order chi connectivity index (χ1) is 8.24. The summed E-state index contributed by atoms with van der Waals surface area (Å²) in [6.45, 7) is 5.00. The highest BCUT2D eigenvalue weighted by Crippen LogP contribution is 1.92. The minimum absolute atomic E-state index is 0.0284. The van der Waals surface area contributed by atoms with Gasteiger partial charge < -0.3 is 15.5 Å². The van der Waals surface area contributed by atoms with E-state index in [1.165, 1.54) is 6.08 Å². The van der Waals surface area contributed by atoms with Crippen LogP contribution in [0.5, 0.6) is 0 Å². The number of amides is 2. The van der Waals surface area contributed by atoms with E-state index in [2.05, 4.69) is 10.6 Å². The number of carbonyl (C=O) groups excluding carboxylic acids is 2. The molecule has 0 aliphatic carbocycles. The summed E-state index contributed by atoms with van der Waals surface area (Å²) in [4.78, 5) is 24.7. The normalized spacial score (nSPS) is 16.6. The van der Waals surface area contributed by atoms with Gasteiger partial charge in [0.05, 0.1) is 6.54 Å². The van der Waals surface area contributed by atoms with E-state index in [0.717, 1.165) is 13.1 Å². The quantitative estimate of drug-likeness (QED) is 0.520. The van der Waals surface area contributed by atoms with E-state index in [0.29, 0.717) is 13.1 Å². The van der Waals surface area contributed by atoms with E-state index in [4.69, 9.17) is 0 Å². The Kier molecular flexibility index (Phi) is 6.03. The number of carbonyl (C=O) groups is 2. The summed E-state index contributed by atoms with van der Waals surface area (Å²) >= 11 is 0. The number of piperazine rings is 1. The van der Waals surface area contributed by atoms with Crippen molar-refractivity contribution in [2.75, 3.05) is 32.7 Å². The fourth-order valence-electron chi connectivity index (χ4n) is 1.50. The number of rotatable bonds is 4. The number of allylic oxidation sites excluding steroid dienone is 3. The summed E-state index contributed by atoms with van der Waals surface area (Å²) in [7, 11) is 0. The molecule has 2 N–H and O–H groups in total. The third-order valence-electron chi connectivity index (χ3n) is 2.43. The van der Waals surface area contributed by atoms with Gasteiger partial charge in [0.1, 0.15) is 0 Å². The molecule has 1 aliphatic rings. The maximum atomic E-state index is 11.7. The first kappa shape index (κ1) is 13.4. The van der Waals surface area contributed by atoms with E-state index in [1.54, 1.807) is 17.1 Å². The molecule has 0 atom stereocenters. The molecule has 1 saturated heterocycles. The molecule has 0 radical (unpaired) electrons. The lowest BCUT2D eigenvalue weighted by Gasteiger charge is -2.27. The van der Waals surface area contributed by atoms with Gasteiger partial charge in [0.15, 0.2) is 0 Å². The predicted molar refractivity (Wildman–Crippen MR) is 66.4 cm³/mol. The predicted octanol–water partition coefficient (Wildman–Crippen LogP) is -0.333. The zero-order valence-electron chi connectivity index (χ0n) is 10.1. The molecule has 1 aliphatic heterocycles. The van der Waals surface area contributed by atoms with E-state index >= 15 is 0 Å². The third-order valence-corrected chi connectivity index (χ3v) is 2.43. The molecule has 5 nitrogen and oxygen atoms in total. The summed E-state index contributed by atoms with van der Waals surface area (Å²) in [6.07, 6.45) is 6.64. The average molecular weight is 237 g/mol. The first-order valence-corrected chi connectivity index (χ1v) is 5.79. The summed E-state index contributed by atoms with van der Waals surface area (Å²) in [5.74, 6) is -0.272. The lowest BCUT2D eigenvalue weighted by molar-refractivity contribution is -0.132. The maximum absolute atomic E-state index is 11.7. The Bertz CT molecular complexity index is 318. The molecular formula is C12H19N3O2. The first-order valence-electron chi connectivity index (χ1n) is 5.79. The van der Waals surface area contributed by atoms with Crippen LogP contribution in [-0.4, -0.2) is 49.4 Å². The van der Waals surface area contributed by atoms with Crippen LogP contribution in [0.25, 0.3) is 0 Å². The molecule has 0 spiro atoms. The Morgan fingerprint density at radius 3 is 2.65 bits per heavy atom. The molecule has 1 fully saturated rings. The van der Waals surface area contributed by atoms with Crippen molar-refractivity contribution < 1.29 is 9.59 Å². The third kappa shape index (κ3) is 5.31. The highest BCUT2D eigenvalue weighted by Gasteiger charge is 2.15. The van der Waals surface area contributed by atoms with Gasteiger partial charge in [-0.05, 0) is 6.92 Å². The van der Waals surface area contributed by atoms with Crippen molar-refractivity contribution in [1.29, 1.82) is 0 Å². The van der Waals surface area contributed by atoms with Gasteiger partial charge in [-0.3, -0.25) is 9.59 Å². The lowest BCUT2D eigenvalue weighted by Crippen LogP contribution is -2.49. The molecule has 0 saturated carbocycles. The van der Waals surface area contributed by atoms with Crippen LogP contribution in [0.4, 0.5) is 0 Å². The van der Waals surface area contributed by atoms with Crippen molar-refractivity contribution in [3.05, 3.63) is 24.3 Å². The van der Waals surface area contributed by atoms with Gasteiger partial charge in [0.2, 0.25) is 11.8 Å². The van der Waals surface area contributed by atoms with E-state index in [-0.39, 0.29) is 18.4 Å². The van der Waals surface area contributed by atoms with Crippen LogP contribution in [0.3, 0.4) is 0 Å². The highest BCUT2D eigenvalue weighted by molar-refractivity contribution is 5.91. The van der Waals surface area contributed by atoms with Gasteiger partial charge in [0, 0.05) is 32.3 Å². The molecule has 0 unspecified atom stereocenters. The topological polar surface area (TPSA) is 61.4 Å². The second-order valence-electron chi connectivity index (χ2n) is 3.73. The van der Waals surface area contributed by atoms with Crippen LogP contribution in [-0.2, 0) is 9.59 Å². The Labute approximate surface area is 102 Å². The van der Waals surface area contributed by atoms with E-state index in [1.807, 2.05) is 13.0 Å². The standard InChI is InChI=1S/C12H19N3O2/c1-2-3-4-5-11(16)14-10-12(17)15-8-6-13-7-9-15/h2-5,13H,6-10H2,1H3,(H,14,16)/b3-2+,5-4+. The van der Waals surface area contributed by atoms with E-state index in [9.17, 15) is 9.59 Å². The van der Waals surface area contributed by atoms with Gasteiger partial charge in [-0.25, -0.2) is 0 Å². The highest BCUT2D eigenvalue weighted by atomic mass is 16.2. The lowest BCUT2D eigenvalue weighted by atomic mass is 10.3. The molecule has 1 rings (SSSR count). The Morgan fingerprint density at radius 2 is 2.00 bits per heavy atom. The monoisotopic (exact) mass is 237 g/mol. The van der Waals surface area contributed by atoms with Crippen molar-refractivity contribution in [1.82, 2.24) is 15.5 Å². The van der Waals surface area contributed by atoms with Gasteiger partial charge in [-0.1, -0.05) is 18.2 Å². The number of nitrogens with one attached hydrogen (secondary N) is 2. The minimum atomic E-state index is -0.244.